The van der Waals surface area contributed by atoms with Crippen molar-refractivity contribution in [3.8, 4) is 11.6 Å². The lowest BCUT2D eigenvalue weighted by Gasteiger charge is -2.07. The van der Waals surface area contributed by atoms with Gasteiger partial charge in [-0.05, 0) is 36.6 Å². The second-order valence-corrected chi connectivity index (χ2v) is 4.65. The highest BCUT2D eigenvalue weighted by Gasteiger charge is 2.10. The first kappa shape index (κ1) is 13.2. The molecule has 1 aromatic carbocycles. The number of nitrogens with zero attached hydrogens (tertiary/aromatic N) is 1. The maximum atomic E-state index is 13.8. The lowest BCUT2D eigenvalue weighted by atomic mass is 10.3. The highest BCUT2D eigenvalue weighted by Crippen LogP contribution is 2.26. The summed E-state index contributed by atoms with van der Waals surface area (Å²) in [5, 5.41) is 0. The normalized spacial score (nSPS) is 10.4. The van der Waals surface area contributed by atoms with E-state index in [1.165, 1.54) is 12.3 Å². The van der Waals surface area contributed by atoms with Crippen molar-refractivity contribution in [3.05, 3.63) is 47.9 Å². The van der Waals surface area contributed by atoms with Crippen molar-refractivity contribution >= 4 is 23.4 Å². The van der Waals surface area contributed by atoms with Crippen LogP contribution >= 0.6 is 23.4 Å². The highest BCUT2D eigenvalue weighted by atomic mass is 35.5. The van der Waals surface area contributed by atoms with Crippen LogP contribution in [0.25, 0.3) is 0 Å². The molecule has 2 aromatic rings. The van der Waals surface area contributed by atoms with Crippen molar-refractivity contribution in [1.82, 2.24) is 4.98 Å². The molecule has 0 amide bonds. The summed E-state index contributed by atoms with van der Waals surface area (Å²) < 4.78 is 19.2. The number of hydrogen-bond donors (Lipinski definition) is 0. The molecule has 0 unspecified atom stereocenters. The van der Waals surface area contributed by atoms with Crippen molar-refractivity contribution in [1.29, 1.82) is 0 Å². The van der Waals surface area contributed by atoms with Gasteiger partial charge in [0.25, 0.3) is 5.88 Å². The molecule has 18 heavy (non-hydrogen) atoms. The summed E-state index contributed by atoms with van der Waals surface area (Å²) in [5.41, 5.74) is 0.377. The minimum atomic E-state index is -0.513. The average Bonchev–Trinajstić information content (AvgIpc) is 2.42. The first-order chi connectivity index (χ1) is 8.74. The maximum Gasteiger partial charge on any atom is 0.256 e. The highest BCUT2D eigenvalue weighted by molar-refractivity contribution is 7.98. The Morgan fingerprint density at radius 2 is 2.00 bits per heavy atom. The predicted molar refractivity (Wildman–Crippen MR) is 72.0 cm³/mol. The summed E-state index contributed by atoms with van der Waals surface area (Å²) in [5.74, 6) is 0.0771. The molecule has 0 aliphatic heterocycles. The number of alkyl halides is 1. The second kappa shape index (κ2) is 6.07. The predicted octanol–water partition coefficient (Wildman–Crippen LogP) is 4.47. The molecule has 1 heterocycles. The smallest absolute Gasteiger partial charge is 0.256 e. The van der Waals surface area contributed by atoms with E-state index in [9.17, 15) is 4.39 Å². The van der Waals surface area contributed by atoms with E-state index in [-0.39, 0.29) is 11.8 Å². The van der Waals surface area contributed by atoms with Crippen molar-refractivity contribution in [2.75, 3.05) is 6.26 Å². The number of thioether (sulfide) groups is 1. The van der Waals surface area contributed by atoms with Gasteiger partial charge >= 0.3 is 0 Å². The number of rotatable bonds is 4. The number of aromatic nitrogens is 1. The third kappa shape index (κ3) is 2.94. The summed E-state index contributed by atoms with van der Waals surface area (Å²) in [6.45, 7) is 0. The first-order valence-electron chi connectivity index (χ1n) is 5.26. The van der Waals surface area contributed by atoms with Gasteiger partial charge in [0, 0.05) is 16.7 Å². The number of pyridine rings is 1. The van der Waals surface area contributed by atoms with E-state index in [1.807, 2.05) is 18.4 Å². The molecule has 0 aliphatic rings. The molecule has 0 saturated carbocycles. The van der Waals surface area contributed by atoms with Gasteiger partial charge in [0.05, 0.1) is 5.88 Å². The van der Waals surface area contributed by atoms with Gasteiger partial charge in [0.2, 0.25) is 0 Å². The van der Waals surface area contributed by atoms with Gasteiger partial charge in [-0.1, -0.05) is 0 Å². The standard InChI is InChI=1S/C13H11ClFNOS/c1-18-11-4-2-10(3-5-11)17-13-12(15)9(8-14)6-7-16-13/h2-7H,8H2,1H3. The molecule has 0 atom stereocenters. The van der Waals surface area contributed by atoms with E-state index in [4.69, 9.17) is 16.3 Å². The van der Waals surface area contributed by atoms with Crippen LogP contribution in [0.3, 0.4) is 0 Å². The lowest BCUT2D eigenvalue weighted by Crippen LogP contribution is -1.95. The molecule has 0 N–H and O–H groups in total. The Kier molecular flexibility index (Phi) is 4.44. The third-order valence-corrected chi connectivity index (χ3v) is 3.39. The van der Waals surface area contributed by atoms with Crippen LogP contribution in [0.1, 0.15) is 5.56 Å². The maximum absolute atomic E-state index is 13.8. The number of hydrogen-bond acceptors (Lipinski definition) is 3. The van der Waals surface area contributed by atoms with Crippen molar-refractivity contribution in [3.63, 3.8) is 0 Å². The Morgan fingerprint density at radius 1 is 1.28 bits per heavy atom. The van der Waals surface area contributed by atoms with Crippen LogP contribution in [0.5, 0.6) is 11.6 Å². The van der Waals surface area contributed by atoms with E-state index in [0.717, 1.165) is 4.90 Å². The monoisotopic (exact) mass is 283 g/mol. The van der Waals surface area contributed by atoms with Gasteiger partial charge in [-0.15, -0.1) is 23.4 Å². The summed E-state index contributed by atoms with van der Waals surface area (Å²) in [6, 6.07) is 8.90. The van der Waals surface area contributed by atoms with E-state index in [0.29, 0.717) is 11.3 Å². The summed E-state index contributed by atoms with van der Waals surface area (Å²) in [7, 11) is 0. The van der Waals surface area contributed by atoms with Crippen LogP contribution in [0, 0.1) is 5.82 Å². The van der Waals surface area contributed by atoms with Crippen molar-refractivity contribution in [2.45, 2.75) is 10.8 Å². The van der Waals surface area contributed by atoms with Crippen LogP contribution in [0.4, 0.5) is 4.39 Å². The lowest BCUT2D eigenvalue weighted by molar-refractivity contribution is 0.420. The first-order valence-corrected chi connectivity index (χ1v) is 7.01. The van der Waals surface area contributed by atoms with E-state index < -0.39 is 5.82 Å². The summed E-state index contributed by atoms with van der Waals surface area (Å²) in [4.78, 5) is 4.98. The SMILES string of the molecule is CSc1ccc(Oc2nccc(CCl)c2F)cc1. The van der Waals surface area contributed by atoms with Crippen molar-refractivity contribution in [2.24, 2.45) is 0 Å². The van der Waals surface area contributed by atoms with Crippen LogP contribution in [0.2, 0.25) is 0 Å². The molecule has 5 heteroatoms. The molecule has 2 rings (SSSR count). The Labute approximate surface area is 114 Å². The molecule has 1 aromatic heterocycles. The van der Waals surface area contributed by atoms with Gasteiger partial charge < -0.3 is 4.74 Å². The molecule has 0 spiro atoms. The molecule has 0 radical (unpaired) electrons. The Balaban J connectivity index is 2.22. The van der Waals surface area contributed by atoms with Gasteiger partial charge in [0.15, 0.2) is 5.82 Å². The molecule has 0 aliphatic carbocycles. The average molecular weight is 284 g/mol. The minimum Gasteiger partial charge on any atom is -0.436 e. The van der Waals surface area contributed by atoms with Gasteiger partial charge in [0.1, 0.15) is 5.75 Å². The molecule has 0 saturated heterocycles. The van der Waals surface area contributed by atoms with E-state index >= 15 is 0 Å². The van der Waals surface area contributed by atoms with Crippen LogP contribution < -0.4 is 4.74 Å². The van der Waals surface area contributed by atoms with Gasteiger partial charge in [-0.2, -0.15) is 0 Å². The van der Waals surface area contributed by atoms with Crippen LogP contribution in [-0.2, 0) is 5.88 Å². The second-order valence-electron chi connectivity index (χ2n) is 3.50. The Bertz CT molecular complexity index is 533. The van der Waals surface area contributed by atoms with Crippen LogP contribution in [0.15, 0.2) is 41.4 Å². The zero-order chi connectivity index (χ0) is 13.0. The fourth-order valence-corrected chi connectivity index (χ4v) is 2.01. The largest absolute Gasteiger partial charge is 0.436 e. The fourth-order valence-electron chi connectivity index (χ4n) is 1.39. The molecule has 94 valence electrons. The molecule has 0 bridgehead atoms. The van der Waals surface area contributed by atoms with E-state index in [2.05, 4.69) is 4.98 Å². The quantitative estimate of drug-likeness (QED) is 0.610. The Morgan fingerprint density at radius 3 is 2.61 bits per heavy atom. The Hall–Kier alpha value is -1.26. The zero-order valence-corrected chi connectivity index (χ0v) is 11.3. The van der Waals surface area contributed by atoms with Crippen LogP contribution in [-0.4, -0.2) is 11.2 Å². The number of halogens is 2. The summed E-state index contributed by atoms with van der Waals surface area (Å²) in [6.07, 6.45) is 3.47. The van der Waals surface area contributed by atoms with E-state index in [1.54, 1.807) is 23.9 Å². The van der Waals surface area contributed by atoms with Crippen molar-refractivity contribution < 1.29 is 9.13 Å². The summed E-state index contributed by atoms with van der Waals surface area (Å²) >= 11 is 7.25. The number of ether oxygens (including phenoxy) is 1. The molecular formula is C13H11ClFNOS. The molecule has 2 nitrogen and oxygen atoms in total. The fraction of sp³-hybridized carbons (Fsp3) is 0.154. The molecule has 0 fully saturated rings. The zero-order valence-electron chi connectivity index (χ0n) is 9.69. The van der Waals surface area contributed by atoms with Gasteiger partial charge in [-0.3, -0.25) is 0 Å². The topological polar surface area (TPSA) is 22.1 Å². The number of benzene rings is 1. The van der Waals surface area contributed by atoms with Gasteiger partial charge in [-0.25, -0.2) is 9.37 Å². The minimum absolute atomic E-state index is 0.0509. The molecular weight excluding hydrogens is 273 g/mol. The third-order valence-electron chi connectivity index (χ3n) is 2.36.